The summed E-state index contributed by atoms with van der Waals surface area (Å²) in [6.45, 7) is 0.288. The molecule has 3 rings (SSSR count). The number of aromatic amines is 1. The van der Waals surface area contributed by atoms with Gasteiger partial charge in [-0.25, -0.2) is 4.98 Å². The maximum Gasteiger partial charge on any atom is 0.264 e. The van der Waals surface area contributed by atoms with Gasteiger partial charge >= 0.3 is 0 Å². The van der Waals surface area contributed by atoms with Gasteiger partial charge in [0, 0.05) is 5.92 Å². The van der Waals surface area contributed by atoms with Crippen molar-refractivity contribution in [2.24, 2.45) is 0 Å². The van der Waals surface area contributed by atoms with E-state index >= 15 is 0 Å². The first-order chi connectivity index (χ1) is 9.24. The Bertz CT molecular complexity index is 636. The Labute approximate surface area is 124 Å². The Balaban J connectivity index is 1.79. The normalized spacial score (nSPS) is 14.4. The maximum atomic E-state index is 11.8. The van der Waals surface area contributed by atoms with E-state index in [-0.39, 0.29) is 12.2 Å². The van der Waals surface area contributed by atoms with E-state index in [9.17, 15) is 4.79 Å². The molecule has 0 aliphatic heterocycles. The molecule has 0 spiro atoms. The van der Waals surface area contributed by atoms with E-state index < -0.39 is 0 Å². The molecule has 0 saturated heterocycles. The van der Waals surface area contributed by atoms with Crippen molar-refractivity contribution >= 4 is 22.6 Å². The minimum absolute atomic E-state index is 0.0656. The molecule has 5 heteroatoms. The molecular formula is C14H13IN2O2. The van der Waals surface area contributed by atoms with Crippen molar-refractivity contribution in [3.63, 3.8) is 0 Å². The van der Waals surface area contributed by atoms with E-state index in [1.807, 2.05) is 30.3 Å². The van der Waals surface area contributed by atoms with Crippen LogP contribution in [0.5, 0.6) is 5.75 Å². The Kier molecular flexibility index (Phi) is 3.54. The fourth-order valence-electron chi connectivity index (χ4n) is 1.89. The number of aromatic nitrogens is 2. The van der Waals surface area contributed by atoms with Crippen molar-refractivity contribution in [1.82, 2.24) is 9.97 Å². The molecule has 1 fully saturated rings. The summed E-state index contributed by atoms with van der Waals surface area (Å²) in [5, 5.41) is 0. The number of ether oxygens (including phenoxy) is 1. The van der Waals surface area contributed by atoms with E-state index in [0.717, 1.165) is 24.3 Å². The fourth-order valence-corrected chi connectivity index (χ4v) is 2.58. The van der Waals surface area contributed by atoms with Crippen LogP contribution in [-0.4, -0.2) is 9.97 Å². The molecule has 0 unspecified atom stereocenters. The van der Waals surface area contributed by atoms with Gasteiger partial charge in [-0.1, -0.05) is 18.2 Å². The van der Waals surface area contributed by atoms with Gasteiger partial charge < -0.3 is 9.72 Å². The van der Waals surface area contributed by atoms with Crippen LogP contribution in [0.3, 0.4) is 0 Å². The maximum absolute atomic E-state index is 11.8. The highest BCUT2D eigenvalue weighted by atomic mass is 127. The van der Waals surface area contributed by atoms with Gasteiger partial charge in [0.25, 0.3) is 5.56 Å². The second-order valence-corrected chi connectivity index (χ2v) is 5.67. The minimum Gasteiger partial charge on any atom is -0.486 e. The first-order valence-corrected chi connectivity index (χ1v) is 7.28. The smallest absolute Gasteiger partial charge is 0.264 e. The monoisotopic (exact) mass is 368 g/mol. The highest BCUT2D eigenvalue weighted by molar-refractivity contribution is 14.1. The number of para-hydroxylation sites is 1. The molecule has 19 heavy (non-hydrogen) atoms. The molecule has 98 valence electrons. The summed E-state index contributed by atoms with van der Waals surface area (Å²) >= 11 is 2.07. The highest BCUT2D eigenvalue weighted by Crippen LogP contribution is 2.40. The van der Waals surface area contributed by atoms with E-state index in [4.69, 9.17) is 4.74 Å². The molecule has 1 N–H and O–H groups in total. The van der Waals surface area contributed by atoms with Crippen LogP contribution in [0.15, 0.2) is 35.1 Å². The summed E-state index contributed by atoms with van der Waals surface area (Å²) in [5.41, 5.74) is 0.861. The van der Waals surface area contributed by atoms with Crippen molar-refractivity contribution in [2.75, 3.05) is 0 Å². The van der Waals surface area contributed by atoms with Crippen LogP contribution < -0.4 is 10.3 Å². The number of rotatable bonds is 4. The fraction of sp³-hybridized carbons (Fsp3) is 0.286. The lowest BCUT2D eigenvalue weighted by Crippen LogP contribution is -2.19. The topological polar surface area (TPSA) is 55.0 Å². The molecule has 0 amide bonds. The summed E-state index contributed by atoms with van der Waals surface area (Å²) in [4.78, 5) is 19.1. The predicted octanol–water partition coefficient (Wildman–Crippen LogP) is 2.83. The summed E-state index contributed by atoms with van der Waals surface area (Å²) < 4.78 is 6.32. The number of benzene rings is 1. The molecular weight excluding hydrogens is 355 g/mol. The third-order valence-corrected chi connectivity index (χ3v) is 4.06. The average molecular weight is 368 g/mol. The molecule has 1 aliphatic rings. The third kappa shape index (κ3) is 2.97. The Hall–Kier alpha value is -1.37. The second kappa shape index (κ2) is 5.32. The van der Waals surface area contributed by atoms with Crippen LogP contribution in [0.25, 0.3) is 0 Å². The van der Waals surface area contributed by atoms with Gasteiger partial charge in [-0.3, -0.25) is 4.79 Å². The van der Waals surface area contributed by atoms with Crippen LogP contribution in [0.2, 0.25) is 0 Å². The first kappa shape index (κ1) is 12.7. The number of halogens is 1. The Morgan fingerprint density at radius 3 is 2.74 bits per heavy atom. The molecule has 1 aromatic carbocycles. The predicted molar refractivity (Wildman–Crippen MR) is 80.3 cm³/mol. The molecule has 0 atom stereocenters. The summed E-state index contributed by atoms with van der Waals surface area (Å²) in [6, 6.07) is 9.52. The van der Waals surface area contributed by atoms with Crippen LogP contribution in [0.1, 0.15) is 30.3 Å². The quantitative estimate of drug-likeness (QED) is 0.845. The molecule has 4 nitrogen and oxygen atoms in total. The minimum atomic E-state index is -0.0656. The van der Waals surface area contributed by atoms with E-state index in [2.05, 4.69) is 32.6 Å². The zero-order valence-corrected chi connectivity index (χ0v) is 12.4. The van der Waals surface area contributed by atoms with E-state index in [1.165, 1.54) is 0 Å². The molecule has 1 saturated carbocycles. The van der Waals surface area contributed by atoms with Crippen molar-refractivity contribution in [1.29, 1.82) is 0 Å². The number of hydrogen-bond donors (Lipinski definition) is 1. The summed E-state index contributed by atoms with van der Waals surface area (Å²) in [7, 11) is 0. The Morgan fingerprint density at radius 2 is 2.05 bits per heavy atom. The second-order valence-electron chi connectivity index (χ2n) is 4.59. The van der Waals surface area contributed by atoms with Gasteiger partial charge in [0.1, 0.15) is 18.2 Å². The number of hydrogen-bond acceptors (Lipinski definition) is 3. The standard InChI is InChI=1S/C14H13IN2O2/c15-12-13(9-6-7-9)16-11(17-14(12)18)8-19-10-4-2-1-3-5-10/h1-5,9H,6-8H2,(H,16,17,18). The number of H-pyrrole nitrogens is 1. The van der Waals surface area contributed by atoms with Crippen LogP contribution in [-0.2, 0) is 6.61 Å². The van der Waals surface area contributed by atoms with Crippen LogP contribution in [0, 0.1) is 3.57 Å². The lowest BCUT2D eigenvalue weighted by Gasteiger charge is -2.07. The van der Waals surface area contributed by atoms with E-state index in [1.54, 1.807) is 0 Å². The van der Waals surface area contributed by atoms with Crippen LogP contribution >= 0.6 is 22.6 Å². The van der Waals surface area contributed by atoms with Gasteiger partial charge in [0.2, 0.25) is 0 Å². The average Bonchev–Trinajstić information content (AvgIpc) is 3.25. The molecule has 1 aliphatic carbocycles. The van der Waals surface area contributed by atoms with Gasteiger partial charge in [0.15, 0.2) is 0 Å². The van der Waals surface area contributed by atoms with E-state index in [0.29, 0.717) is 15.3 Å². The number of nitrogens with zero attached hydrogens (tertiary/aromatic N) is 1. The summed E-state index contributed by atoms with van der Waals surface area (Å²) in [6.07, 6.45) is 2.26. The molecule has 2 aromatic rings. The highest BCUT2D eigenvalue weighted by Gasteiger charge is 2.28. The van der Waals surface area contributed by atoms with Crippen molar-refractivity contribution in [2.45, 2.75) is 25.4 Å². The van der Waals surface area contributed by atoms with Gasteiger partial charge in [0.05, 0.1) is 9.26 Å². The summed E-state index contributed by atoms with van der Waals surface area (Å²) in [5.74, 6) is 1.83. The zero-order valence-electron chi connectivity index (χ0n) is 10.2. The Morgan fingerprint density at radius 1 is 1.32 bits per heavy atom. The zero-order chi connectivity index (χ0) is 13.2. The molecule has 1 aromatic heterocycles. The van der Waals surface area contributed by atoms with Gasteiger partial charge in [-0.2, -0.15) is 0 Å². The lowest BCUT2D eigenvalue weighted by atomic mass is 10.3. The van der Waals surface area contributed by atoms with Gasteiger partial charge in [-0.05, 0) is 47.6 Å². The van der Waals surface area contributed by atoms with Crippen LogP contribution in [0.4, 0.5) is 0 Å². The largest absolute Gasteiger partial charge is 0.486 e. The van der Waals surface area contributed by atoms with Gasteiger partial charge in [-0.15, -0.1) is 0 Å². The van der Waals surface area contributed by atoms with Crippen molar-refractivity contribution in [3.05, 3.63) is 55.8 Å². The molecule has 0 bridgehead atoms. The van der Waals surface area contributed by atoms with Crippen molar-refractivity contribution in [3.8, 4) is 5.75 Å². The number of nitrogens with one attached hydrogen (secondary N) is 1. The molecule has 1 heterocycles. The molecule has 0 radical (unpaired) electrons. The third-order valence-electron chi connectivity index (χ3n) is 3.02. The lowest BCUT2D eigenvalue weighted by molar-refractivity contribution is 0.295. The SMILES string of the molecule is O=c1[nH]c(COc2ccccc2)nc(C2CC2)c1I. The first-order valence-electron chi connectivity index (χ1n) is 6.20. The van der Waals surface area contributed by atoms with Crippen molar-refractivity contribution < 1.29 is 4.74 Å².